The molecule has 0 spiro atoms. The number of hydrogen-bond acceptors (Lipinski definition) is 6. The van der Waals surface area contributed by atoms with Crippen LogP contribution in [-0.4, -0.2) is 28.1 Å². The zero-order valence-electron chi connectivity index (χ0n) is 12.4. The van der Waals surface area contributed by atoms with Crippen LogP contribution in [0, 0.1) is 0 Å². The van der Waals surface area contributed by atoms with Crippen molar-refractivity contribution in [3.63, 3.8) is 0 Å². The highest BCUT2D eigenvalue weighted by atomic mass is 32.1. The first-order valence-corrected chi connectivity index (χ1v) is 7.54. The normalized spacial score (nSPS) is 11.2. The van der Waals surface area contributed by atoms with Gasteiger partial charge in [-0.15, -0.1) is 5.10 Å². The van der Waals surface area contributed by atoms with Crippen LogP contribution in [0.4, 0.5) is 18.9 Å². The number of carbonyl (C=O) groups excluding carboxylic acids is 2. The summed E-state index contributed by atoms with van der Waals surface area (Å²) in [6, 6.07) is 4.15. The molecule has 128 valence electrons. The summed E-state index contributed by atoms with van der Waals surface area (Å²) in [6.45, 7) is 1.16. The number of halogens is 3. The second-order valence-electron chi connectivity index (χ2n) is 4.61. The summed E-state index contributed by atoms with van der Waals surface area (Å²) in [7, 11) is 0. The number of aromatic nitrogens is 2. The first kappa shape index (κ1) is 17.9. The van der Waals surface area contributed by atoms with Crippen molar-refractivity contribution in [3.8, 4) is 0 Å². The summed E-state index contributed by atoms with van der Waals surface area (Å²) in [6.07, 6.45) is -4.03. The minimum atomic E-state index is -4.51. The molecule has 0 aliphatic rings. The molecule has 2 rings (SSSR count). The number of ether oxygens (including phenoxy) is 1. The van der Waals surface area contributed by atoms with E-state index in [0.717, 1.165) is 23.7 Å². The van der Waals surface area contributed by atoms with Gasteiger partial charge in [0.25, 0.3) is 5.91 Å². The molecule has 10 heteroatoms. The lowest BCUT2D eigenvalue weighted by Crippen LogP contribution is -2.21. The lowest BCUT2D eigenvalue weighted by molar-refractivity contribution is -0.137. The molecule has 6 nitrogen and oxygen atoms in total. The molecule has 1 N–H and O–H groups in total. The van der Waals surface area contributed by atoms with E-state index in [1.54, 1.807) is 6.92 Å². The maximum absolute atomic E-state index is 12.6. The zero-order chi connectivity index (χ0) is 17.7. The van der Waals surface area contributed by atoms with E-state index in [2.05, 4.69) is 14.9 Å². The Morgan fingerprint density at radius 3 is 2.75 bits per heavy atom. The van der Waals surface area contributed by atoms with Crippen LogP contribution in [0.15, 0.2) is 24.3 Å². The second kappa shape index (κ2) is 7.39. The Morgan fingerprint density at radius 2 is 2.08 bits per heavy atom. The van der Waals surface area contributed by atoms with Gasteiger partial charge in [0.2, 0.25) is 0 Å². The molecule has 0 aliphatic carbocycles. The fourth-order valence-corrected chi connectivity index (χ4v) is 2.41. The van der Waals surface area contributed by atoms with Gasteiger partial charge in [-0.25, -0.2) is 4.79 Å². The number of nitrogens with zero attached hydrogens (tertiary/aromatic N) is 2. The molecule has 2 aromatic rings. The molecule has 0 fully saturated rings. The van der Waals surface area contributed by atoms with Crippen molar-refractivity contribution in [3.05, 3.63) is 40.4 Å². The van der Waals surface area contributed by atoms with Gasteiger partial charge in [0.15, 0.2) is 11.5 Å². The van der Waals surface area contributed by atoms with Crippen LogP contribution in [0.3, 0.4) is 0 Å². The van der Waals surface area contributed by atoms with E-state index in [4.69, 9.17) is 4.74 Å². The molecule has 24 heavy (non-hydrogen) atoms. The molecule has 0 aliphatic heterocycles. The molecule has 0 atom stereocenters. The van der Waals surface area contributed by atoms with Crippen LogP contribution in [0.25, 0.3) is 0 Å². The Kier molecular flexibility index (Phi) is 5.50. The van der Waals surface area contributed by atoms with Crippen LogP contribution in [0.2, 0.25) is 0 Å². The smallest absolute Gasteiger partial charge is 0.416 e. The molecule has 0 saturated carbocycles. The molecule has 0 unspecified atom stereocenters. The fraction of sp³-hybridized carbons (Fsp3) is 0.286. The third-order valence-corrected chi connectivity index (χ3v) is 3.63. The van der Waals surface area contributed by atoms with Crippen LogP contribution in [-0.2, 0) is 22.1 Å². The van der Waals surface area contributed by atoms with Crippen LogP contribution in [0.5, 0.6) is 0 Å². The lowest BCUT2D eigenvalue weighted by atomic mass is 10.2. The van der Waals surface area contributed by atoms with Crippen molar-refractivity contribution in [2.45, 2.75) is 19.5 Å². The predicted octanol–water partition coefficient (Wildman–Crippen LogP) is 2.91. The molecule has 0 radical (unpaired) electrons. The topological polar surface area (TPSA) is 81.2 Å². The van der Waals surface area contributed by atoms with E-state index in [9.17, 15) is 22.8 Å². The third-order valence-electron chi connectivity index (χ3n) is 2.88. The van der Waals surface area contributed by atoms with Gasteiger partial charge >= 0.3 is 12.1 Å². The molecule has 0 saturated heterocycles. The van der Waals surface area contributed by atoms with Crippen molar-refractivity contribution in [2.75, 3.05) is 11.9 Å². The van der Waals surface area contributed by atoms with E-state index < -0.39 is 30.2 Å². The Labute approximate surface area is 138 Å². The van der Waals surface area contributed by atoms with Gasteiger partial charge in [-0.05, 0) is 36.2 Å². The largest absolute Gasteiger partial charge is 0.451 e. The van der Waals surface area contributed by atoms with E-state index in [1.165, 1.54) is 12.1 Å². The number of amides is 1. The highest BCUT2D eigenvalue weighted by Gasteiger charge is 2.30. The van der Waals surface area contributed by atoms with Crippen LogP contribution in [0.1, 0.15) is 27.9 Å². The maximum atomic E-state index is 12.6. The molecular weight excluding hydrogens is 347 g/mol. The van der Waals surface area contributed by atoms with Gasteiger partial charge in [-0.1, -0.05) is 17.5 Å². The Bertz CT molecular complexity index is 746. The van der Waals surface area contributed by atoms with Gasteiger partial charge in [0.05, 0.1) is 11.3 Å². The number of rotatable bonds is 5. The number of esters is 1. The van der Waals surface area contributed by atoms with Crippen molar-refractivity contribution >= 4 is 29.1 Å². The number of aryl methyl sites for hydroxylation is 1. The predicted molar refractivity (Wildman–Crippen MR) is 79.6 cm³/mol. The zero-order valence-corrected chi connectivity index (χ0v) is 13.2. The summed E-state index contributed by atoms with van der Waals surface area (Å²) in [4.78, 5) is 23.7. The quantitative estimate of drug-likeness (QED) is 0.830. The number of anilines is 1. The number of nitrogens with one attached hydrogen (secondary N) is 1. The summed E-state index contributed by atoms with van der Waals surface area (Å²) in [5.74, 6) is -1.50. The number of carbonyl (C=O) groups is 2. The van der Waals surface area contributed by atoms with Gasteiger partial charge in [0, 0.05) is 5.69 Å². The molecule has 1 aromatic heterocycles. The first-order chi connectivity index (χ1) is 11.3. The Morgan fingerprint density at radius 1 is 1.33 bits per heavy atom. The van der Waals surface area contributed by atoms with E-state index in [1.807, 2.05) is 0 Å². The number of hydrogen-bond donors (Lipinski definition) is 1. The van der Waals surface area contributed by atoms with Gasteiger partial charge < -0.3 is 10.1 Å². The van der Waals surface area contributed by atoms with Crippen molar-refractivity contribution in [2.24, 2.45) is 0 Å². The van der Waals surface area contributed by atoms with Crippen molar-refractivity contribution in [1.29, 1.82) is 0 Å². The van der Waals surface area contributed by atoms with Crippen molar-refractivity contribution in [1.82, 2.24) is 9.59 Å². The molecular formula is C14H12F3N3O3S. The number of benzene rings is 1. The Balaban J connectivity index is 1.93. The van der Waals surface area contributed by atoms with Gasteiger partial charge in [-0.2, -0.15) is 13.2 Å². The monoisotopic (exact) mass is 359 g/mol. The molecule has 1 amide bonds. The molecule has 1 aromatic carbocycles. The van der Waals surface area contributed by atoms with E-state index in [-0.39, 0.29) is 10.6 Å². The fourth-order valence-electron chi connectivity index (χ4n) is 1.76. The van der Waals surface area contributed by atoms with E-state index >= 15 is 0 Å². The maximum Gasteiger partial charge on any atom is 0.416 e. The van der Waals surface area contributed by atoms with Crippen molar-refractivity contribution < 1.29 is 27.5 Å². The number of alkyl halides is 3. The lowest BCUT2D eigenvalue weighted by Gasteiger charge is -2.10. The van der Waals surface area contributed by atoms with Gasteiger partial charge in [-0.3, -0.25) is 4.79 Å². The second-order valence-corrected chi connectivity index (χ2v) is 5.36. The summed E-state index contributed by atoms with van der Waals surface area (Å²) in [5.41, 5.74) is -0.469. The highest BCUT2D eigenvalue weighted by Crippen LogP contribution is 2.30. The standard InChI is InChI=1S/C14H12F3N3O3S/c1-2-10-12(24-20-19-10)13(22)23-7-11(21)18-9-5-3-4-8(6-9)14(15,16)17/h3-6H,2,7H2,1H3,(H,18,21). The SMILES string of the molecule is CCc1nnsc1C(=O)OCC(=O)Nc1cccc(C(F)(F)F)c1. The minimum absolute atomic E-state index is 0.0421. The Hall–Kier alpha value is -2.49. The van der Waals surface area contributed by atoms with Crippen LogP contribution < -0.4 is 5.32 Å². The summed E-state index contributed by atoms with van der Waals surface area (Å²) >= 11 is 0.850. The average molecular weight is 359 g/mol. The molecule has 0 bridgehead atoms. The molecule has 1 heterocycles. The van der Waals surface area contributed by atoms with E-state index in [0.29, 0.717) is 12.1 Å². The third kappa shape index (κ3) is 4.51. The average Bonchev–Trinajstić information content (AvgIpc) is 3.00. The van der Waals surface area contributed by atoms with Crippen LogP contribution >= 0.6 is 11.5 Å². The highest BCUT2D eigenvalue weighted by molar-refractivity contribution is 7.07. The minimum Gasteiger partial charge on any atom is -0.451 e. The summed E-state index contributed by atoms with van der Waals surface area (Å²) < 4.78 is 46.2. The first-order valence-electron chi connectivity index (χ1n) is 6.76. The van der Waals surface area contributed by atoms with Gasteiger partial charge in [0.1, 0.15) is 0 Å². The summed E-state index contributed by atoms with van der Waals surface area (Å²) in [5, 5.41) is 5.98.